The first kappa shape index (κ1) is 35.1. The predicted octanol–water partition coefficient (Wildman–Crippen LogP) is 3.86. The Kier molecular flexibility index (Phi) is 11.8. The van der Waals surface area contributed by atoms with Gasteiger partial charge in [-0.1, -0.05) is 49.6 Å². The van der Waals surface area contributed by atoms with E-state index in [4.69, 9.17) is 4.74 Å². The number of nitrogens with zero attached hydrogens (tertiary/aromatic N) is 1. The van der Waals surface area contributed by atoms with Crippen molar-refractivity contribution in [2.45, 2.75) is 75.7 Å². The Balaban J connectivity index is 1.58. The van der Waals surface area contributed by atoms with Gasteiger partial charge in [0, 0.05) is 43.8 Å². The number of aryl methyl sites for hydroxylation is 1. The van der Waals surface area contributed by atoms with Crippen molar-refractivity contribution in [1.82, 2.24) is 10.2 Å². The van der Waals surface area contributed by atoms with E-state index in [2.05, 4.69) is 10.2 Å². The van der Waals surface area contributed by atoms with Crippen LogP contribution in [-0.2, 0) is 35.8 Å². The number of likely N-dealkylation sites (tertiary alicyclic amines) is 1. The molecule has 1 saturated heterocycles. The minimum absolute atomic E-state index is 0.0654. The van der Waals surface area contributed by atoms with Crippen molar-refractivity contribution >= 4 is 31.6 Å². The maximum atomic E-state index is 13.5. The first-order chi connectivity index (χ1) is 21.2. The zero-order chi connectivity index (χ0) is 32.8. The van der Waals surface area contributed by atoms with Crippen LogP contribution in [-0.4, -0.2) is 94.1 Å². The molecule has 4 rings (SSSR count). The first-order valence-corrected chi connectivity index (χ1v) is 19.6. The zero-order valence-corrected chi connectivity index (χ0v) is 28.0. The Bertz CT molecular complexity index is 1570. The number of amides is 1. The van der Waals surface area contributed by atoms with Crippen molar-refractivity contribution in [2.75, 3.05) is 38.0 Å². The highest BCUT2D eigenvalue weighted by Gasteiger charge is 2.37. The van der Waals surface area contributed by atoms with Gasteiger partial charge < -0.3 is 15.2 Å². The van der Waals surface area contributed by atoms with Crippen molar-refractivity contribution in [2.24, 2.45) is 5.92 Å². The highest BCUT2D eigenvalue weighted by molar-refractivity contribution is 7.91. The first-order valence-electron chi connectivity index (χ1n) is 15.6. The molecule has 0 radical (unpaired) electrons. The van der Waals surface area contributed by atoms with Crippen LogP contribution in [0.4, 0.5) is 0 Å². The average Bonchev–Trinajstić information content (AvgIpc) is 3.38. The van der Waals surface area contributed by atoms with E-state index in [-0.39, 0.29) is 23.8 Å². The molecule has 2 aromatic rings. The molecule has 1 amide bonds. The summed E-state index contributed by atoms with van der Waals surface area (Å²) in [6.45, 7) is 3.91. The maximum Gasteiger partial charge on any atom is 0.326 e. The predicted molar refractivity (Wildman–Crippen MR) is 175 cm³/mol. The van der Waals surface area contributed by atoms with Crippen LogP contribution in [0.25, 0.3) is 11.1 Å². The molecule has 0 aromatic heterocycles. The Morgan fingerprint density at radius 1 is 1.00 bits per heavy atom. The largest absolute Gasteiger partial charge is 0.480 e. The van der Waals surface area contributed by atoms with Crippen LogP contribution in [0.1, 0.15) is 66.4 Å². The number of nitrogens with one attached hydrogen (secondary N) is 1. The molecule has 2 aliphatic rings. The molecule has 12 heteroatoms. The summed E-state index contributed by atoms with van der Waals surface area (Å²) in [4.78, 5) is 27.5. The molecule has 248 valence electrons. The normalized spacial score (nSPS) is 20.6. The van der Waals surface area contributed by atoms with Crippen LogP contribution >= 0.6 is 0 Å². The fraction of sp³-hybridized carbons (Fsp3) is 0.576. The smallest absolute Gasteiger partial charge is 0.326 e. The van der Waals surface area contributed by atoms with Gasteiger partial charge in [0.25, 0.3) is 5.91 Å². The molecule has 1 heterocycles. The summed E-state index contributed by atoms with van der Waals surface area (Å²) in [6, 6.07) is 11.5. The number of rotatable bonds is 14. The van der Waals surface area contributed by atoms with Crippen LogP contribution in [0.15, 0.2) is 42.5 Å². The molecule has 3 atom stereocenters. The number of carboxylic acid groups (broad SMARTS) is 1. The lowest BCUT2D eigenvalue weighted by Crippen LogP contribution is -2.42. The molecule has 10 nitrogen and oxygen atoms in total. The molecule has 45 heavy (non-hydrogen) atoms. The SMILES string of the molecule is Cc1ccccc1-c1cc(CN2CC(S(C)(=O)=O)C[C@H]2COCC2CCCCC2)ccc1C(=O)NC(CCS(C)(=O)=O)C(=O)O. The second-order valence-electron chi connectivity index (χ2n) is 12.8. The molecule has 2 aromatic carbocycles. The van der Waals surface area contributed by atoms with Gasteiger partial charge in [-0.2, -0.15) is 0 Å². The number of benzene rings is 2. The number of carbonyl (C=O) groups excluding carboxylic acids is 1. The Labute approximate surface area is 267 Å². The molecule has 2 unspecified atom stereocenters. The summed E-state index contributed by atoms with van der Waals surface area (Å²) in [5.41, 5.74) is 3.47. The van der Waals surface area contributed by atoms with Crippen molar-refractivity contribution in [3.63, 3.8) is 0 Å². The molecule has 2 N–H and O–H groups in total. The molecule has 1 aliphatic carbocycles. The van der Waals surface area contributed by atoms with Gasteiger partial charge in [-0.05, 0) is 72.9 Å². The number of carboxylic acids is 1. The third-order valence-corrected chi connectivity index (χ3v) is 11.5. The van der Waals surface area contributed by atoms with Gasteiger partial charge >= 0.3 is 5.97 Å². The highest BCUT2D eigenvalue weighted by Crippen LogP contribution is 2.31. The van der Waals surface area contributed by atoms with Gasteiger partial charge in [-0.25, -0.2) is 21.6 Å². The number of carbonyl (C=O) groups is 2. The zero-order valence-electron chi connectivity index (χ0n) is 26.4. The molecule has 1 saturated carbocycles. The number of aliphatic carboxylic acids is 1. The van der Waals surface area contributed by atoms with Gasteiger partial charge in [0.2, 0.25) is 0 Å². The van der Waals surface area contributed by atoms with Gasteiger partial charge in [-0.3, -0.25) is 9.69 Å². The van der Waals surface area contributed by atoms with Crippen LogP contribution in [0.5, 0.6) is 0 Å². The fourth-order valence-electron chi connectivity index (χ4n) is 6.39. The fourth-order valence-corrected chi connectivity index (χ4v) is 8.08. The summed E-state index contributed by atoms with van der Waals surface area (Å²) in [5, 5.41) is 11.7. The summed E-state index contributed by atoms with van der Waals surface area (Å²) in [5.74, 6) is -1.74. The summed E-state index contributed by atoms with van der Waals surface area (Å²) >= 11 is 0. The molecule has 0 spiro atoms. The van der Waals surface area contributed by atoms with Crippen molar-refractivity contribution in [3.05, 3.63) is 59.2 Å². The second-order valence-corrected chi connectivity index (χ2v) is 17.4. The van der Waals surface area contributed by atoms with Crippen molar-refractivity contribution in [3.8, 4) is 11.1 Å². The van der Waals surface area contributed by atoms with Gasteiger partial charge in [0.1, 0.15) is 15.9 Å². The van der Waals surface area contributed by atoms with Gasteiger partial charge in [0.05, 0.1) is 17.6 Å². The van der Waals surface area contributed by atoms with E-state index in [9.17, 15) is 31.5 Å². The lowest BCUT2D eigenvalue weighted by Gasteiger charge is -2.27. The number of ether oxygens (including phenoxy) is 1. The molecule has 1 aliphatic heterocycles. The third-order valence-electron chi connectivity index (χ3n) is 9.01. The van der Waals surface area contributed by atoms with E-state index >= 15 is 0 Å². The quantitative estimate of drug-likeness (QED) is 0.308. The topological polar surface area (TPSA) is 147 Å². The maximum absolute atomic E-state index is 13.5. The standard InChI is InChI=1S/C33H46N2O8S2/c1-23-9-7-8-12-28(23)30-17-25(13-14-29(30)32(36)34-31(33(37)38)15-16-44(2,39)40)19-35-20-27(45(3,41)42)18-26(35)22-43-21-24-10-5-4-6-11-24/h7-9,12-14,17,24,26-27,31H,4-6,10-11,15-16,18-22H2,1-3H3,(H,34,36)(H,37,38)/t26-,27?,31?/m0/s1. The van der Waals surface area contributed by atoms with Crippen LogP contribution in [0, 0.1) is 12.8 Å². The lowest BCUT2D eigenvalue weighted by molar-refractivity contribution is -0.139. The van der Waals surface area contributed by atoms with Crippen molar-refractivity contribution < 1.29 is 36.3 Å². The average molecular weight is 663 g/mol. The van der Waals surface area contributed by atoms with E-state index in [1.165, 1.54) is 38.4 Å². The van der Waals surface area contributed by atoms with Gasteiger partial charge in [-0.15, -0.1) is 0 Å². The molecule has 0 bridgehead atoms. The van der Waals surface area contributed by atoms with Crippen LogP contribution in [0.3, 0.4) is 0 Å². The Morgan fingerprint density at radius 3 is 2.36 bits per heavy atom. The van der Waals surface area contributed by atoms with E-state index in [1.54, 1.807) is 12.1 Å². The Hall–Kier alpha value is -2.80. The summed E-state index contributed by atoms with van der Waals surface area (Å²) < 4.78 is 54.6. The highest BCUT2D eigenvalue weighted by atomic mass is 32.2. The lowest BCUT2D eigenvalue weighted by atomic mass is 9.90. The van der Waals surface area contributed by atoms with E-state index in [1.807, 2.05) is 37.3 Å². The minimum atomic E-state index is -3.42. The van der Waals surface area contributed by atoms with E-state index in [0.717, 1.165) is 22.9 Å². The minimum Gasteiger partial charge on any atom is -0.480 e. The van der Waals surface area contributed by atoms with Gasteiger partial charge in [0.15, 0.2) is 9.84 Å². The number of hydrogen-bond donors (Lipinski definition) is 2. The summed E-state index contributed by atoms with van der Waals surface area (Å²) in [6.07, 6.45) is 8.64. The Morgan fingerprint density at radius 2 is 1.71 bits per heavy atom. The third kappa shape index (κ3) is 10.1. The molecule has 2 fully saturated rings. The molecular formula is C33H46N2O8S2. The van der Waals surface area contributed by atoms with Crippen LogP contribution < -0.4 is 5.32 Å². The monoisotopic (exact) mass is 662 g/mol. The number of sulfone groups is 2. The number of hydrogen-bond acceptors (Lipinski definition) is 8. The second kappa shape index (κ2) is 15.2. The van der Waals surface area contributed by atoms with Crippen LogP contribution in [0.2, 0.25) is 0 Å². The summed E-state index contributed by atoms with van der Waals surface area (Å²) in [7, 11) is -6.67. The van der Waals surface area contributed by atoms with Crippen molar-refractivity contribution in [1.29, 1.82) is 0 Å². The van der Waals surface area contributed by atoms with E-state index in [0.29, 0.717) is 44.2 Å². The van der Waals surface area contributed by atoms with E-state index < -0.39 is 42.8 Å². The molecular weight excluding hydrogens is 617 g/mol.